The highest BCUT2D eigenvalue weighted by atomic mass is 16.2. The molecule has 0 fully saturated rings. The fourth-order valence-electron chi connectivity index (χ4n) is 3.26. The average Bonchev–Trinajstić information content (AvgIpc) is 3.05. The van der Waals surface area contributed by atoms with Crippen LogP contribution in [0.3, 0.4) is 0 Å². The van der Waals surface area contributed by atoms with Gasteiger partial charge in [-0.15, -0.1) is 0 Å². The van der Waals surface area contributed by atoms with Crippen LogP contribution in [0, 0.1) is 0 Å². The zero-order chi connectivity index (χ0) is 18.5. The standard InChI is InChI=1S/C19H25N5O2/c1-3-5-18(26)24-9-8-23-13-16(22-19(23)14(24)2)10-17(25)21-12-15-6-4-7-20-11-15/h4,6-7,11,13-14H,3,5,8-10,12H2,1-2H3,(H,21,25)/t14-/m0/s1. The van der Waals surface area contributed by atoms with Gasteiger partial charge < -0.3 is 14.8 Å². The van der Waals surface area contributed by atoms with Gasteiger partial charge in [0.1, 0.15) is 5.82 Å². The molecular formula is C19H25N5O2. The Morgan fingerprint density at radius 2 is 2.19 bits per heavy atom. The molecule has 138 valence electrons. The van der Waals surface area contributed by atoms with E-state index in [0.717, 1.165) is 30.0 Å². The van der Waals surface area contributed by atoms with E-state index < -0.39 is 0 Å². The molecule has 0 unspecified atom stereocenters. The maximum Gasteiger partial charge on any atom is 0.226 e. The van der Waals surface area contributed by atoms with Gasteiger partial charge in [0.25, 0.3) is 0 Å². The molecule has 1 aliphatic heterocycles. The molecule has 0 saturated carbocycles. The van der Waals surface area contributed by atoms with Crippen molar-refractivity contribution in [3.8, 4) is 0 Å². The smallest absolute Gasteiger partial charge is 0.226 e. The van der Waals surface area contributed by atoms with Gasteiger partial charge in [0, 0.05) is 44.6 Å². The number of nitrogens with one attached hydrogen (secondary N) is 1. The number of carbonyl (C=O) groups is 2. The van der Waals surface area contributed by atoms with Gasteiger partial charge in [0.05, 0.1) is 18.2 Å². The van der Waals surface area contributed by atoms with Gasteiger partial charge in [-0.25, -0.2) is 4.98 Å². The van der Waals surface area contributed by atoms with Crippen LogP contribution in [0.5, 0.6) is 0 Å². The number of aromatic nitrogens is 3. The first-order chi connectivity index (χ1) is 12.6. The van der Waals surface area contributed by atoms with Crippen molar-refractivity contribution in [1.29, 1.82) is 0 Å². The van der Waals surface area contributed by atoms with Crippen LogP contribution in [0.25, 0.3) is 0 Å². The third-order valence-corrected chi connectivity index (χ3v) is 4.62. The Morgan fingerprint density at radius 3 is 2.92 bits per heavy atom. The van der Waals surface area contributed by atoms with Crippen LogP contribution in [0.4, 0.5) is 0 Å². The minimum absolute atomic E-state index is 0.0602. The van der Waals surface area contributed by atoms with Gasteiger partial charge >= 0.3 is 0 Å². The summed E-state index contributed by atoms with van der Waals surface area (Å²) in [4.78, 5) is 35.0. The Balaban J connectivity index is 1.60. The van der Waals surface area contributed by atoms with Gasteiger partial charge in [0.15, 0.2) is 0 Å². The largest absolute Gasteiger partial charge is 0.352 e. The molecule has 2 aromatic rings. The minimum atomic E-state index is -0.0733. The Hall–Kier alpha value is -2.70. The predicted molar refractivity (Wildman–Crippen MR) is 97.1 cm³/mol. The number of amides is 2. The molecular weight excluding hydrogens is 330 g/mol. The second kappa shape index (κ2) is 8.12. The van der Waals surface area contributed by atoms with Crippen molar-refractivity contribution in [2.24, 2.45) is 0 Å². The van der Waals surface area contributed by atoms with Gasteiger partial charge in [-0.1, -0.05) is 13.0 Å². The molecule has 0 aromatic carbocycles. The first-order valence-electron chi connectivity index (χ1n) is 9.09. The van der Waals surface area contributed by atoms with Crippen molar-refractivity contribution in [3.63, 3.8) is 0 Å². The number of rotatable bonds is 6. The maximum absolute atomic E-state index is 12.2. The van der Waals surface area contributed by atoms with E-state index in [2.05, 4.69) is 19.9 Å². The molecule has 2 amide bonds. The normalized spacial score (nSPS) is 16.2. The molecule has 7 heteroatoms. The summed E-state index contributed by atoms with van der Waals surface area (Å²) in [6.07, 6.45) is 7.01. The number of hydrogen-bond donors (Lipinski definition) is 1. The Bertz CT molecular complexity index is 771. The summed E-state index contributed by atoms with van der Waals surface area (Å²) in [7, 11) is 0. The lowest BCUT2D eigenvalue weighted by Crippen LogP contribution is -2.40. The van der Waals surface area contributed by atoms with Crippen molar-refractivity contribution < 1.29 is 9.59 Å². The van der Waals surface area contributed by atoms with E-state index in [-0.39, 0.29) is 24.3 Å². The molecule has 3 heterocycles. The molecule has 2 aromatic heterocycles. The zero-order valence-corrected chi connectivity index (χ0v) is 15.3. The zero-order valence-electron chi connectivity index (χ0n) is 15.3. The number of carbonyl (C=O) groups excluding carboxylic acids is 2. The van der Waals surface area contributed by atoms with Crippen molar-refractivity contribution in [2.75, 3.05) is 6.54 Å². The number of fused-ring (bicyclic) bond motifs is 1. The molecule has 0 spiro atoms. The van der Waals surface area contributed by atoms with Crippen LogP contribution in [0.2, 0.25) is 0 Å². The molecule has 0 aliphatic carbocycles. The second-order valence-corrected chi connectivity index (χ2v) is 6.61. The summed E-state index contributed by atoms with van der Waals surface area (Å²) in [5.74, 6) is 0.955. The molecule has 26 heavy (non-hydrogen) atoms. The lowest BCUT2D eigenvalue weighted by atomic mass is 10.2. The topological polar surface area (TPSA) is 80.1 Å². The van der Waals surface area contributed by atoms with E-state index in [1.54, 1.807) is 12.4 Å². The summed E-state index contributed by atoms with van der Waals surface area (Å²) in [6, 6.07) is 3.71. The fourth-order valence-corrected chi connectivity index (χ4v) is 3.26. The fraction of sp³-hybridized carbons (Fsp3) is 0.474. The van der Waals surface area contributed by atoms with Crippen LogP contribution < -0.4 is 5.32 Å². The van der Waals surface area contributed by atoms with Crippen LogP contribution in [-0.4, -0.2) is 37.8 Å². The van der Waals surface area contributed by atoms with Gasteiger partial charge in [-0.3, -0.25) is 14.6 Å². The second-order valence-electron chi connectivity index (χ2n) is 6.61. The monoisotopic (exact) mass is 355 g/mol. The summed E-state index contributed by atoms with van der Waals surface area (Å²) in [5, 5.41) is 2.89. The highest BCUT2D eigenvalue weighted by Gasteiger charge is 2.29. The van der Waals surface area contributed by atoms with Crippen LogP contribution in [-0.2, 0) is 29.1 Å². The van der Waals surface area contributed by atoms with E-state index in [1.807, 2.05) is 37.1 Å². The lowest BCUT2D eigenvalue weighted by molar-refractivity contribution is -0.134. The van der Waals surface area contributed by atoms with Crippen LogP contribution >= 0.6 is 0 Å². The van der Waals surface area contributed by atoms with Crippen molar-refractivity contribution in [3.05, 3.63) is 47.8 Å². The molecule has 0 bridgehead atoms. The van der Waals surface area contributed by atoms with Crippen molar-refractivity contribution in [2.45, 2.75) is 52.2 Å². The lowest BCUT2D eigenvalue weighted by Gasteiger charge is -2.33. The first kappa shape index (κ1) is 18.1. The summed E-state index contributed by atoms with van der Waals surface area (Å²) < 4.78 is 2.06. The Morgan fingerprint density at radius 1 is 1.35 bits per heavy atom. The third-order valence-electron chi connectivity index (χ3n) is 4.62. The van der Waals surface area contributed by atoms with Gasteiger partial charge in [0.2, 0.25) is 11.8 Å². The highest BCUT2D eigenvalue weighted by molar-refractivity contribution is 5.78. The Kier molecular flexibility index (Phi) is 5.65. The molecule has 1 N–H and O–H groups in total. The summed E-state index contributed by atoms with van der Waals surface area (Å²) >= 11 is 0. The van der Waals surface area contributed by atoms with Crippen molar-refractivity contribution >= 4 is 11.8 Å². The summed E-state index contributed by atoms with van der Waals surface area (Å²) in [6.45, 7) is 5.87. The van der Waals surface area contributed by atoms with E-state index in [1.165, 1.54) is 0 Å². The van der Waals surface area contributed by atoms with Gasteiger partial charge in [-0.2, -0.15) is 0 Å². The number of nitrogens with zero attached hydrogens (tertiary/aromatic N) is 4. The predicted octanol–water partition coefficient (Wildman–Crippen LogP) is 1.84. The SMILES string of the molecule is CCCC(=O)N1CCn2cc(CC(=O)NCc3cccnc3)nc2[C@@H]1C. The van der Waals surface area contributed by atoms with Crippen LogP contribution in [0.15, 0.2) is 30.7 Å². The number of hydrogen-bond acceptors (Lipinski definition) is 4. The first-order valence-corrected chi connectivity index (χ1v) is 9.09. The molecule has 1 aliphatic rings. The molecule has 0 saturated heterocycles. The maximum atomic E-state index is 12.2. The number of imidazole rings is 1. The average molecular weight is 355 g/mol. The number of pyridine rings is 1. The molecule has 3 rings (SSSR count). The molecule has 1 atom stereocenters. The highest BCUT2D eigenvalue weighted by Crippen LogP contribution is 2.25. The molecule has 0 radical (unpaired) electrons. The minimum Gasteiger partial charge on any atom is -0.352 e. The third kappa shape index (κ3) is 4.09. The van der Waals surface area contributed by atoms with E-state index in [0.29, 0.717) is 19.5 Å². The van der Waals surface area contributed by atoms with E-state index in [9.17, 15) is 9.59 Å². The van der Waals surface area contributed by atoms with E-state index in [4.69, 9.17) is 0 Å². The quantitative estimate of drug-likeness (QED) is 0.857. The van der Waals surface area contributed by atoms with E-state index >= 15 is 0 Å². The van der Waals surface area contributed by atoms with Crippen molar-refractivity contribution in [1.82, 2.24) is 24.8 Å². The Labute approximate surface area is 153 Å². The van der Waals surface area contributed by atoms with Crippen LogP contribution in [0.1, 0.15) is 49.8 Å². The van der Waals surface area contributed by atoms with Gasteiger partial charge in [-0.05, 0) is 25.0 Å². The molecule has 7 nitrogen and oxygen atoms in total. The summed E-state index contributed by atoms with van der Waals surface area (Å²) in [5.41, 5.74) is 1.70.